The summed E-state index contributed by atoms with van der Waals surface area (Å²) in [5.41, 5.74) is 4.84. The minimum Gasteiger partial charge on any atom is -0.399 e. The van der Waals surface area contributed by atoms with Crippen LogP contribution in [0.15, 0.2) is 18.5 Å². The summed E-state index contributed by atoms with van der Waals surface area (Å²) in [5.74, 6) is -1.01. The number of aliphatic hydroxyl groups excluding tert-OH is 2. The fourth-order valence-electron chi connectivity index (χ4n) is 2.08. The molecule has 1 saturated heterocycles. The number of nitrogens with two attached hydrogens (primary N) is 1. The van der Waals surface area contributed by atoms with E-state index in [1.165, 1.54) is 6.20 Å². The second-order valence-electron chi connectivity index (χ2n) is 6.43. The number of aliphatic hydroxyl groups is 2. The fraction of sp³-hybridized carbons (Fsp3) is 0.571. The van der Waals surface area contributed by atoms with Gasteiger partial charge in [-0.25, -0.2) is 0 Å². The van der Waals surface area contributed by atoms with Gasteiger partial charge in [0, 0.05) is 23.4 Å². The third-order valence-corrected chi connectivity index (χ3v) is 4.24. The highest BCUT2D eigenvalue weighted by Gasteiger charge is 2.51. The topological polar surface area (TPSA) is 115 Å². The Bertz CT molecular complexity index is 562. The van der Waals surface area contributed by atoms with E-state index in [9.17, 15) is 15.0 Å². The monoisotopic (exact) mass is 308 g/mol. The summed E-state index contributed by atoms with van der Waals surface area (Å²) in [6.07, 6.45) is -0.247. The van der Waals surface area contributed by atoms with E-state index in [0.29, 0.717) is 5.46 Å². The molecule has 1 fully saturated rings. The van der Waals surface area contributed by atoms with Gasteiger partial charge >= 0.3 is 7.12 Å². The van der Waals surface area contributed by atoms with Gasteiger partial charge in [-0.3, -0.25) is 9.78 Å². The van der Waals surface area contributed by atoms with E-state index in [4.69, 9.17) is 15.0 Å². The number of primary amides is 1. The molecule has 1 aliphatic heterocycles. The van der Waals surface area contributed by atoms with Crippen molar-refractivity contribution in [2.45, 2.75) is 51.1 Å². The third kappa shape index (κ3) is 3.00. The number of aromatic nitrogens is 1. The molecule has 0 aliphatic carbocycles. The third-order valence-electron chi connectivity index (χ3n) is 4.24. The van der Waals surface area contributed by atoms with Crippen molar-refractivity contribution < 1.29 is 24.3 Å². The molecule has 0 saturated carbocycles. The van der Waals surface area contributed by atoms with Crippen molar-refractivity contribution in [2.75, 3.05) is 0 Å². The van der Waals surface area contributed by atoms with E-state index in [1.807, 2.05) is 27.7 Å². The van der Waals surface area contributed by atoms with Gasteiger partial charge in [0.2, 0.25) is 5.91 Å². The van der Waals surface area contributed by atoms with Crippen LogP contribution in [-0.2, 0) is 14.1 Å². The number of nitrogens with zero attached hydrogens (tertiary/aromatic N) is 1. The highest BCUT2D eigenvalue weighted by molar-refractivity contribution is 6.62. The summed E-state index contributed by atoms with van der Waals surface area (Å²) in [4.78, 5) is 15.0. The van der Waals surface area contributed by atoms with Gasteiger partial charge in [0.15, 0.2) is 6.10 Å². The molecule has 120 valence electrons. The number of carbonyl (C=O) groups is 1. The predicted octanol–water partition coefficient (Wildman–Crippen LogP) is -0.740. The number of pyridine rings is 1. The first kappa shape index (κ1) is 16.9. The van der Waals surface area contributed by atoms with Crippen LogP contribution < -0.4 is 11.2 Å². The Labute approximate surface area is 129 Å². The molecule has 2 rings (SSSR count). The van der Waals surface area contributed by atoms with Gasteiger partial charge in [0.1, 0.15) is 6.10 Å². The number of hydrogen-bond donors (Lipinski definition) is 3. The largest absolute Gasteiger partial charge is 0.496 e. The lowest BCUT2D eigenvalue weighted by atomic mass is 9.79. The van der Waals surface area contributed by atoms with Gasteiger partial charge in [-0.1, -0.05) is 6.07 Å². The summed E-state index contributed by atoms with van der Waals surface area (Å²) in [5, 5.41) is 19.5. The lowest BCUT2D eigenvalue weighted by Crippen LogP contribution is -2.41. The van der Waals surface area contributed by atoms with Crippen LogP contribution in [0, 0.1) is 0 Å². The van der Waals surface area contributed by atoms with Crippen LogP contribution in [0.25, 0.3) is 0 Å². The van der Waals surface area contributed by atoms with Crippen molar-refractivity contribution in [3.8, 4) is 0 Å². The molecule has 1 amide bonds. The van der Waals surface area contributed by atoms with E-state index < -0.39 is 36.4 Å². The Morgan fingerprint density at radius 2 is 1.77 bits per heavy atom. The SMILES string of the molecule is CC1(C)OB(c2cncc(C(O)C(O)C(N)=O)c2)OC1(C)C. The summed E-state index contributed by atoms with van der Waals surface area (Å²) < 4.78 is 11.8. The normalized spacial score (nSPS) is 22.4. The van der Waals surface area contributed by atoms with E-state index in [2.05, 4.69) is 4.98 Å². The zero-order chi connectivity index (χ0) is 16.7. The molecule has 1 aliphatic rings. The van der Waals surface area contributed by atoms with Crippen molar-refractivity contribution in [1.82, 2.24) is 4.98 Å². The van der Waals surface area contributed by atoms with E-state index in [-0.39, 0.29) is 5.56 Å². The molecular formula is C14H21BN2O5. The maximum atomic E-state index is 11.0. The Kier molecular flexibility index (Phi) is 4.32. The van der Waals surface area contributed by atoms with Gasteiger partial charge in [0.05, 0.1) is 11.2 Å². The summed E-state index contributed by atoms with van der Waals surface area (Å²) in [6.45, 7) is 7.71. The number of amides is 1. The van der Waals surface area contributed by atoms with Crippen LogP contribution in [0.4, 0.5) is 0 Å². The summed E-state index contributed by atoms with van der Waals surface area (Å²) in [7, 11) is -0.643. The maximum Gasteiger partial charge on any atom is 0.496 e. The van der Waals surface area contributed by atoms with Crippen LogP contribution in [0.2, 0.25) is 0 Å². The van der Waals surface area contributed by atoms with Gasteiger partial charge < -0.3 is 25.3 Å². The molecule has 2 atom stereocenters. The number of rotatable bonds is 4. The van der Waals surface area contributed by atoms with Crippen LogP contribution in [0.5, 0.6) is 0 Å². The maximum absolute atomic E-state index is 11.0. The standard InChI is InChI=1S/C14H21BN2O5/c1-13(2)14(3,4)22-15(21-13)9-5-8(6-17-7-9)10(18)11(19)12(16)20/h5-7,10-11,18-19H,1-4H3,(H2,16,20). The quantitative estimate of drug-likeness (QED) is 0.631. The van der Waals surface area contributed by atoms with Crippen LogP contribution in [0.1, 0.15) is 39.4 Å². The molecule has 1 aromatic rings. The van der Waals surface area contributed by atoms with Crippen molar-refractivity contribution in [3.05, 3.63) is 24.0 Å². The highest BCUT2D eigenvalue weighted by atomic mass is 16.7. The fourth-order valence-corrected chi connectivity index (χ4v) is 2.08. The average Bonchev–Trinajstić information content (AvgIpc) is 2.66. The van der Waals surface area contributed by atoms with E-state index in [0.717, 1.165) is 0 Å². The Hall–Kier alpha value is -1.48. The van der Waals surface area contributed by atoms with Crippen molar-refractivity contribution in [1.29, 1.82) is 0 Å². The molecule has 2 unspecified atom stereocenters. The summed E-state index contributed by atoms with van der Waals surface area (Å²) >= 11 is 0. The summed E-state index contributed by atoms with van der Waals surface area (Å²) in [6, 6.07) is 1.58. The molecule has 8 heteroatoms. The molecular weight excluding hydrogens is 287 g/mol. The first-order valence-corrected chi connectivity index (χ1v) is 7.01. The minimum atomic E-state index is -1.70. The van der Waals surface area contributed by atoms with Crippen molar-refractivity contribution in [3.63, 3.8) is 0 Å². The molecule has 7 nitrogen and oxygen atoms in total. The first-order chi connectivity index (χ1) is 10.0. The number of hydrogen-bond acceptors (Lipinski definition) is 6. The number of carbonyl (C=O) groups excluding carboxylic acids is 1. The molecule has 0 aromatic carbocycles. The average molecular weight is 308 g/mol. The van der Waals surface area contributed by atoms with Crippen molar-refractivity contribution >= 4 is 18.5 Å². The second kappa shape index (κ2) is 5.62. The van der Waals surface area contributed by atoms with Gasteiger partial charge in [-0.2, -0.15) is 0 Å². The van der Waals surface area contributed by atoms with E-state index in [1.54, 1.807) is 12.3 Å². The smallest absolute Gasteiger partial charge is 0.399 e. The van der Waals surface area contributed by atoms with Crippen LogP contribution in [0.3, 0.4) is 0 Å². The zero-order valence-corrected chi connectivity index (χ0v) is 13.1. The molecule has 0 spiro atoms. The minimum absolute atomic E-state index is 0.263. The van der Waals surface area contributed by atoms with Crippen LogP contribution >= 0.6 is 0 Å². The lowest BCUT2D eigenvalue weighted by molar-refractivity contribution is -0.131. The molecule has 2 heterocycles. The molecule has 22 heavy (non-hydrogen) atoms. The van der Waals surface area contributed by atoms with Crippen LogP contribution in [-0.4, -0.2) is 45.5 Å². The highest BCUT2D eigenvalue weighted by Crippen LogP contribution is 2.36. The van der Waals surface area contributed by atoms with Crippen molar-refractivity contribution in [2.24, 2.45) is 5.73 Å². The van der Waals surface area contributed by atoms with Gasteiger partial charge in [-0.05, 0) is 27.7 Å². The lowest BCUT2D eigenvalue weighted by Gasteiger charge is -2.32. The van der Waals surface area contributed by atoms with Gasteiger partial charge in [0.25, 0.3) is 0 Å². The van der Waals surface area contributed by atoms with Gasteiger partial charge in [-0.15, -0.1) is 0 Å². The first-order valence-electron chi connectivity index (χ1n) is 7.01. The predicted molar refractivity (Wildman–Crippen MR) is 80.1 cm³/mol. The second-order valence-corrected chi connectivity index (χ2v) is 6.43. The molecule has 1 aromatic heterocycles. The molecule has 0 bridgehead atoms. The van der Waals surface area contributed by atoms with E-state index >= 15 is 0 Å². The Morgan fingerprint density at radius 1 is 1.23 bits per heavy atom. The molecule has 0 radical (unpaired) electrons. The zero-order valence-electron chi connectivity index (χ0n) is 13.1. The Morgan fingerprint density at radius 3 is 2.27 bits per heavy atom. The molecule has 4 N–H and O–H groups in total. The Balaban J connectivity index is 2.25.